The Morgan fingerprint density at radius 1 is 1.60 bits per heavy atom. The van der Waals surface area contributed by atoms with Gasteiger partial charge in [0.1, 0.15) is 0 Å². The van der Waals surface area contributed by atoms with Gasteiger partial charge in [0.05, 0.1) is 6.61 Å². The van der Waals surface area contributed by atoms with Crippen LogP contribution in [0.5, 0.6) is 0 Å². The van der Waals surface area contributed by atoms with Crippen LogP contribution in [0.2, 0.25) is 0 Å². The smallest absolute Gasteiger partial charge is 0.322 e. The van der Waals surface area contributed by atoms with Gasteiger partial charge in [-0.15, -0.1) is 5.10 Å². The van der Waals surface area contributed by atoms with Crippen LogP contribution in [0.15, 0.2) is 4.42 Å². The van der Waals surface area contributed by atoms with E-state index in [0.717, 1.165) is 12.8 Å². The van der Waals surface area contributed by atoms with Crippen molar-refractivity contribution in [3.63, 3.8) is 0 Å². The summed E-state index contributed by atoms with van der Waals surface area (Å²) < 4.78 is 10.1. The second kappa shape index (κ2) is 4.39. The first kappa shape index (κ1) is 10.1. The fourth-order valence-electron chi connectivity index (χ4n) is 1.15. The molecule has 1 saturated carbocycles. The third kappa shape index (κ3) is 2.76. The molecule has 0 spiro atoms. The van der Waals surface area contributed by atoms with Gasteiger partial charge in [0.15, 0.2) is 0 Å². The molecule has 0 unspecified atom stereocenters. The highest BCUT2D eigenvalue weighted by Crippen LogP contribution is 2.29. The van der Waals surface area contributed by atoms with Gasteiger partial charge in [-0.2, -0.15) is 0 Å². The van der Waals surface area contributed by atoms with Crippen molar-refractivity contribution in [2.75, 3.05) is 19.0 Å². The molecular weight excluding hydrogens is 198 g/mol. The van der Waals surface area contributed by atoms with Crippen molar-refractivity contribution in [3.05, 3.63) is 5.89 Å². The van der Waals surface area contributed by atoms with Crippen LogP contribution >= 0.6 is 0 Å². The number of ether oxygens (including phenoxy) is 1. The molecule has 0 saturated heterocycles. The highest BCUT2D eigenvalue weighted by molar-refractivity contribution is 5.92. The standard InChI is InChI=1S/C9H13N3O3/c1-14-5-4-7-11-12-9(15-7)10-8(13)6-2-3-6/h6H,2-5H2,1H3,(H,10,12,13). The molecule has 82 valence electrons. The molecule has 1 aromatic rings. The molecule has 6 heteroatoms. The average Bonchev–Trinajstić information content (AvgIpc) is 2.99. The topological polar surface area (TPSA) is 77.3 Å². The normalized spacial score (nSPS) is 15.3. The van der Waals surface area contributed by atoms with Crippen LogP contribution in [0.3, 0.4) is 0 Å². The first-order valence-electron chi connectivity index (χ1n) is 4.92. The summed E-state index contributed by atoms with van der Waals surface area (Å²) in [5.41, 5.74) is 0. The fourth-order valence-corrected chi connectivity index (χ4v) is 1.15. The van der Waals surface area contributed by atoms with Gasteiger partial charge in [0.25, 0.3) is 0 Å². The third-order valence-corrected chi connectivity index (χ3v) is 2.17. The van der Waals surface area contributed by atoms with Crippen LogP contribution in [-0.4, -0.2) is 29.8 Å². The van der Waals surface area contributed by atoms with E-state index < -0.39 is 0 Å². The van der Waals surface area contributed by atoms with Gasteiger partial charge in [-0.25, -0.2) is 0 Å². The van der Waals surface area contributed by atoms with Gasteiger partial charge >= 0.3 is 6.01 Å². The van der Waals surface area contributed by atoms with E-state index in [1.807, 2.05) is 0 Å². The van der Waals surface area contributed by atoms with E-state index >= 15 is 0 Å². The number of carbonyl (C=O) groups excluding carboxylic acids is 1. The van der Waals surface area contributed by atoms with E-state index in [1.54, 1.807) is 7.11 Å². The molecule has 6 nitrogen and oxygen atoms in total. The molecule has 1 aliphatic rings. The highest BCUT2D eigenvalue weighted by Gasteiger charge is 2.30. The van der Waals surface area contributed by atoms with E-state index in [1.165, 1.54) is 0 Å². The average molecular weight is 211 g/mol. The molecule has 15 heavy (non-hydrogen) atoms. The van der Waals surface area contributed by atoms with Gasteiger partial charge in [0.2, 0.25) is 11.8 Å². The van der Waals surface area contributed by atoms with Crippen LogP contribution in [0.4, 0.5) is 6.01 Å². The van der Waals surface area contributed by atoms with Crippen LogP contribution < -0.4 is 5.32 Å². The number of hydrogen-bond acceptors (Lipinski definition) is 5. The van der Waals surface area contributed by atoms with Crippen LogP contribution in [0.25, 0.3) is 0 Å². The zero-order valence-corrected chi connectivity index (χ0v) is 8.52. The molecule has 0 aromatic carbocycles. The van der Waals surface area contributed by atoms with Gasteiger partial charge in [-0.1, -0.05) is 5.10 Å². The molecular formula is C9H13N3O3. The maximum Gasteiger partial charge on any atom is 0.322 e. The second-order valence-corrected chi connectivity index (χ2v) is 3.51. The molecule has 1 fully saturated rings. The Hall–Kier alpha value is -1.43. The molecule has 0 radical (unpaired) electrons. The van der Waals surface area contributed by atoms with E-state index in [2.05, 4.69) is 15.5 Å². The number of hydrogen-bond donors (Lipinski definition) is 1. The van der Waals surface area contributed by atoms with Crippen LogP contribution in [0.1, 0.15) is 18.7 Å². The van der Waals surface area contributed by atoms with Crippen molar-refractivity contribution in [2.45, 2.75) is 19.3 Å². The second-order valence-electron chi connectivity index (χ2n) is 3.51. The summed E-state index contributed by atoms with van der Waals surface area (Å²) in [4.78, 5) is 11.3. The number of aromatic nitrogens is 2. The fraction of sp³-hybridized carbons (Fsp3) is 0.667. The van der Waals surface area contributed by atoms with E-state index in [4.69, 9.17) is 9.15 Å². The largest absolute Gasteiger partial charge is 0.408 e. The summed E-state index contributed by atoms with van der Waals surface area (Å²) in [6, 6.07) is 0.179. The molecule has 1 amide bonds. The Morgan fingerprint density at radius 2 is 2.40 bits per heavy atom. The molecule has 1 N–H and O–H groups in total. The van der Waals surface area contributed by atoms with Crippen molar-refractivity contribution in [3.8, 4) is 0 Å². The zero-order chi connectivity index (χ0) is 10.7. The lowest BCUT2D eigenvalue weighted by Crippen LogP contribution is -2.13. The predicted molar refractivity (Wildman–Crippen MR) is 51.2 cm³/mol. The monoisotopic (exact) mass is 211 g/mol. The van der Waals surface area contributed by atoms with Gasteiger partial charge in [0, 0.05) is 19.4 Å². The molecule has 0 bridgehead atoms. The summed E-state index contributed by atoms with van der Waals surface area (Å²) >= 11 is 0. The van der Waals surface area contributed by atoms with Crippen molar-refractivity contribution < 1.29 is 13.9 Å². The maximum atomic E-state index is 11.3. The lowest BCUT2D eigenvalue weighted by atomic mass is 10.4. The molecule has 1 aromatic heterocycles. The zero-order valence-electron chi connectivity index (χ0n) is 8.52. The SMILES string of the molecule is COCCc1nnc(NC(=O)C2CC2)o1. The number of carbonyl (C=O) groups is 1. The van der Waals surface area contributed by atoms with Crippen LogP contribution in [-0.2, 0) is 16.0 Å². The van der Waals surface area contributed by atoms with E-state index in [0.29, 0.717) is 18.9 Å². The van der Waals surface area contributed by atoms with Crippen molar-refractivity contribution in [1.29, 1.82) is 0 Å². The molecule has 1 heterocycles. The summed E-state index contributed by atoms with van der Waals surface area (Å²) in [5.74, 6) is 0.583. The number of nitrogens with zero attached hydrogens (tertiary/aromatic N) is 2. The summed E-state index contributed by atoms with van der Waals surface area (Å²) in [7, 11) is 1.60. The van der Waals surface area contributed by atoms with Gasteiger partial charge in [-0.3, -0.25) is 10.1 Å². The third-order valence-electron chi connectivity index (χ3n) is 2.17. The van der Waals surface area contributed by atoms with Crippen molar-refractivity contribution in [1.82, 2.24) is 10.2 Å². The number of methoxy groups -OCH3 is 1. The number of anilines is 1. The van der Waals surface area contributed by atoms with Crippen molar-refractivity contribution in [2.24, 2.45) is 5.92 Å². The Labute approximate surface area is 87.0 Å². The summed E-state index contributed by atoms with van der Waals surface area (Å²) in [5, 5.41) is 10.1. The predicted octanol–water partition coefficient (Wildman–Crippen LogP) is 0.607. The minimum atomic E-state index is -0.0306. The summed E-state index contributed by atoms with van der Waals surface area (Å²) in [6.45, 7) is 0.526. The molecule has 1 aliphatic carbocycles. The first-order valence-corrected chi connectivity index (χ1v) is 4.92. The highest BCUT2D eigenvalue weighted by atomic mass is 16.5. The van der Waals surface area contributed by atoms with Crippen LogP contribution in [0, 0.1) is 5.92 Å². The summed E-state index contributed by atoms with van der Waals surface area (Å²) in [6.07, 6.45) is 2.47. The van der Waals surface area contributed by atoms with Gasteiger partial charge < -0.3 is 9.15 Å². The Balaban J connectivity index is 1.85. The Kier molecular flexibility index (Phi) is 2.96. The first-order chi connectivity index (χ1) is 7.29. The number of nitrogens with one attached hydrogen (secondary N) is 1. The number of amides is 1. The van der Waals surface area contributed by atoms with E-state index in [-0.39, 0.29) is 17.8 Å². The lowest BCUT2D eigenvalue weighted by molar-refractivity contribution is -0.117. The molecule has 0 aliphatic heterocycles. The minimum absolute atomic E-state index is 0.0306. The van der Waals surface area contributed by atoms with E-state index in [9.17, 15) is 4.79 Å². The Bertz CT molecular complexity index is 346. The van der Waals surface area contributed by atoms with Crippen molar-refractivity contribution >= 4 is 11.9 Å². The molecule has 0 atom stereocenters. The minimum Gasteiger partial charge on any atom is -0.408 e. The Morgan fingerprint density at radius 3 is 3.07 bits per heavy atom. The van der Waals surface area contributed by atoms with Gasteiger partial charge in [-0.05, 0) is 12.8 Å². The quantitative estimate of drug-likeness (QED) is 0.772. The molecule has 2 rings (SSSR count). The maximum absolute atomic E-state index is 11.3. The lowest BCUT2D eigenvalue weighted by Gasteiger charge is -1.96. The number of rotatable bonds is 5.